The monoisotopic (exact) mass is 255 g/mol. The molecule has 1 fully saturated rings. The Labute approximate surface area is 112 Å². The number of carbonyl (C=O) groups is 1. The molecule has 0 bridgehead atoms. The van der Waals surface area contributed by atoms with E-state index in [4.69, 9.17) is 4.74 Å². The van der Waals surface area contributed by atoms with Crippen molar-refractivity contribution in [3.05, 3.63) is 0 Å². The van der Waals surface area contributed by atoms with Crippen LogP contribution in [0.15, 0.2) is 0 Å². The average Bonchev–Trinajstić information content (AvgIpc) is 2.52. The van der Waals surface area contributed by atoms with Crippen LogP contribution in [0.1, 0.15) is 60.3 Å². The number of amides is 1. The Morgan fingerprint density at radius 1 is 1.33 bits per heavy atom. The van der Waals surface area contributed by atoms with Gasteiger partial charge in [0.15, 0.2) is 0 Å². The molecule has 2 atom stereocenters. The van der Waals surface area contributed by atoms with Crippen LogP contribution in [-0.4, -0.2) is 29.7 Å². The van der Waals surface area contributed by atoms with Gasteiger partial charge in [-0.1, -0.05) is 33.1 Å². The Morgan fingerprint density at radius 2 is 2.00 bits per heavy atom. The van der Waals surface area contributed by atoms with Crippen molar-refractivity contribution in [2.24, 2.45) is 11.8 Å². The smallest absolute Gasteiger partial charge is 0.410 e. The first kappa shape index (κ1) is 15.3. The van der Waals surface area contributed by atoms with E-state index < -0.39 is 0 Å². The molecule has 0 spiro atoms. The summed E-state index contributed by atoms with van der Waals surface area (Å²) in [5.41, 5.74) is -0.0700. The summed E-state index contributed by atoms with van der Waals surface area (Å²) in [5, 5.41) is 0. The Balaban J connectivity index is 2.67. The number of hydrogen-bond donors (Lipinski definition) is 0. The van der Waals surface area contributed by atoms with Crippen molar-refractivity contribution in [3.63, 3.8) is 0 Å². The van der Waals surface area contributed by atoms with E-state index in [1.165, 1.54) is 25.7 Å². The predicted molar refractivity (Wildman–Crippen MR) is 74.6 cm³/mol. The van der Waals surface area contributed by atoms with Gasteiger partial charge < -0.3 is 9.64 Å². The number of ether oxygens (including phenoxy) is 1. The first-order valence-corrected chi connectivity index (χ1v) is 7.39. The first-order chi connectivity index (χ1) is 8.45. The maximum absolute atomic E-state index is 12.0. The fourth-order valence-corrected chi connectivity index (χ4v) is 3.31. The Morgan fingerprint density at radius 3 is 2.56 bits per heavy atom. The van der Waals surface area contributed by atoms with Crippen molar-refractivity contribution in [1.82, 2.24) is 4.90 Å². The molecule has 3 heteroatoms. The first-order valence-electron chi connectivity index (χ1n) is 7.39. The highest BCUT2D eigenvalue weighted by atomic mass is 16.6. The highest BCUT2D eigenvalue weighted by Gasteiger charge is 2.47. The highest BCUT2D eigenvalue weighted by Crippen LogP contribution is 2.41. The van der Waals surface area contributed by atoms with Gasteiger partial charge in [0.2, 0.25) is 0 Å². The fraction of sp³-hybridized carbons (Fsp3) is 0.933. The van der Waals surface area contributed by atoms with Gasteiger partial charge in [0.05, 0.1) is 6.61 Å². The van der Waals surface area contributed by atoms with Crippen LogP contribution in [0.3, 0.4) is 0 Å². The molecule has 1 amide bonds. The lowest BCUT2D eigenvalue weighted by Crippen LogP contribution is -2.46. The van der Waals surface area contributed by atoms with E-state index in [9.17, 15) is 4.79 Å². The van der Waals surface area contributed by atoms with E-state index in [2.05, 4.69) is 27.7 Å². The number of unbranched alkanes of at least 4 members (excludes halogenated alkanes) is 2. The molecular weight excluding hydrogens is 226 g/mol. The molecule has 1 aliphatic heterocycles. The van der Waals surface area contributed by atoms with Gasteiger partial charge in [-0.3, -0.25) is 0 Å². The van der Waals surface area contributed by atoms with Gasteiger partial charge in [0.1, 0.15) is 0 Å². The molecule has 1 heterocycles. The molecule has 1 saturated heterocycles. The van der Waals surface area contributed by atoms with E-state index in [-0.39, 0.29) is 11.6 Å². The molecule has 18 heavy (non-hydrogen) atoms. The van der Waals surface area contributed by atoms with Crippen LogP contribution in [0.25, 0.3) is 0 Å². The van der Waals surface area contributed by atoms with Crippen LogP contribution in [0.5, 0.6) is 0 Å². The molecule has 0 aromatic heterocycles. The number of nitrogens with zero attached hydrogens (tertiary/aromatic N) is 1. The lowest BCUT2D eigenvalue weighted by atomic mass is 9.79. The van der Waals surface area contributed by atoms with Gasteiger partial charge in [-0.15, -0.1) is 0 Å². The normalized spacial score (nSPS) is 26.4. The molecule has 106 valence electrons. The lowest BCUT2D eigenvalue weighted by molar-refractivity contribution is 0.0729. The molecule has 0 saturated carbocycles. The van der Waals surface area contributed by atoms with Crippen LogP contribution in [0, 0.1) is 11.8 Å². The third-order valence-electron chi connectivity index (χ3n) is 4.37. The standard InChI is InChI=1S/C15H29NO2/c1-6-8-9-10-13-12(3)11-16(15(13,4)5)14(17)18-7-2/h12-13H,6-11H2,1-5H3/t12-,13-/m0/s1. The number of likely N-dealkylation sites (tertiary alicyclic amines) is 1. The number of rotatable bonds is 5. The largest absolute Gasteiger partial charge is 0.450 e. The Bertz CT molecular complexity index is 276. The Kier molecular flexibility index (Phi) is 5.48. The van der Waals surface area contributed by atoms with Crippen molar-refractivity contribution >= 4 is 6.09 Å². The topological polar surface area (TPSA) is 29.5 Å². The van der Waals surface area contributed by atoms with Gasteiger partial charge in [0.25, 0.3) is 0 Å². The summed E-state index contributed by atoms with van der Waals surface area (Å²) in [4.78, 5) is 13.9. The van der Waals surface area contributed by atoms with Crippen molar-refractivity contribution in [2.45, 2.75) is 65.8 Å². The van der Waals surface area contributed by atoms with Crippen molar-refractivity contribution in [1.29, 1.82) is 0 Å². The molecule has 0 aromatic rings. The van der Waals surface area contributed by atoms with E-state index in [0.717, 1.165) is 6.54 Å². The van der Waals surface area contributed by atoms with Crippen molar-refractivity contribution in [3.8, 4) is 0 Å². The molecule has 3 nitrogen and oxygen atoms in total. The lowest BCUT2D eigenvalue weighted by Gasteiger charge is -2.35. The summed E-state index contributed by atoms with van der Waals surface area (Å²) < 4.78 is 5.17. The van der Waals surface area contributed by atoms with Gasteiger partial charge in [-0.05, 0) is 39.0 Å². The molecule has 1 aliphatic rings. The second-order valence-corrected chi connectivity index (χ2v) is 6.04. The van der Waals surface area contributed by atoms with Gasteiger partial charge >= 0.3 is 6.09 Å². The second-order valence-electron chi connectivity index (χ2n) is 6.04. The van der Waals surface area contributed by atoms with Crippen LogP contribution in [-0.2, 0) is 4.74 Å². The quantitative estimate of drug-likeness (QED) is 0.693. The number of carbonyl (C=O) groups excluding carboxylic acids is 1. The van der Waals surface area contributed by atoms with E-state index in [1.807, 2.05) is 11.8 Å². The minimum atomic E-state index is -0.146. The maximum atomic E-state index is 12.0. The van der Waals surface area contributed by atoms with E-state index in [0.29, 0.717) is 18.4 Å². The minimum Gasteiger partial charge on any atom is -0.450 e. The summed E-state index contributed by atoms with van der Waals surface area (Å²) in [6.07, 6.45) is 4.89. The van der Waals surface area contributed by atoms with Gasteiger partial charge in [-0.25, -0.2) is 4.79 Å². The Hall–Kier alpha value is -0.730. The molecular formula is C15H29NO2. The summed E-state index contributed by atoms with van der Waals surface area (Å²) in [7, 11) is 0. The zero-order chi connectivity index (χ0) is 13.8. The summed E-state index contributed by atoms with van der Waals surface area (Å²) in [6.45, 7) is 12.0. The van der Waals surface area contributed by atoms with E-state index >= 15 is 0 Å². The third kappa shape index (κ3) is 3.18. The zero-order valence-corrected chi connectivity index (χ0v) is 12.7. The van der Waals surface area contributed by atoms with Crippen molar-refractivity contribution in [2.75, 3.05) is 13.2 Å². The van der Waals surface area contributed by atoms with Crippen LogP contribution >= 0.6 is 0 Å². The molecule has 0 aromatic carbocycles. The molecule has 0 unspecified atom stereocenters. The summed E-state index contributed by atoms with van der Waals surface area (Å²) in [6, 6.07) is 0. The molecule has 0 radical (unpaired) electrons. The van der Waals surface area contributed by atoms with E-state index in [1.54, 1.807) is 0 Å². The maximum Gasteiger partial charge on any atom is 0.410 e. The zero-order valence-electron chi connectivity index (χ0n) is 12.7. The van der Waals surface area contributed by atoms with Crippen LogP contribution in [0.2, 0.25) is 0 Å². The molecule has 0 aliphatic carbocycles. The van der Waals surface area contributed by atoms with Crippen LogP contribution in [0.4, 0.5) is 4.79 Å². The minimum absolute atomic E-state index is 0.0700. The van der Waals surface area contributed by atoms with Gasteiger partial charge in [0, 0.05) is 12.1 Å². The predicted octanol–water partition coefficient (Wildman–Crippen LogP) is 4.07. The summed E-state index contributed by atoms with van der Waals surface area (Å²) in [5.74, 6) is 1.16. The second kappa shape index (κ2) is 6.44. The molecule has 1 rings (SSSR count). The fourth-order valence-electron chi connectivity index (χ4n) is 3.31. The average molecular weight is 255 g/mol. The molecule has 0 N–H and O–H groups in total. The van der Waals surface area contributed by atoms with Crippen LogP contribution < -0.4 is 0 Å². The third-order valence-corrected chi connectivity index (χ3v) is 4.37. The summed E-state index contributed by atoms with van der Waals surface area (Å²) >= 11 is 0. The highest BCUT2D eigenvalue weighted by molar-refractivity contribution is 5.69. The van der Waals surface area contributed by atoms with Gasteiger partial charge in [-0.2, -0.15) is 0 Å². The SMILES string of the molecule is CCCCC[C@H]1[C@@H](C)CN(C(=O)OCC)C1(C)C. The van der Waals surface area contributed by atoms with Crippen molar-refractivity contribution < 1.29 is 9.53 Å². The number of hydrogen-bond acceptors (Lipinski definition) is 2.